The molecule has 1 aliphatic rings. The molecule has 0 aliphatic carbocycles. The molecule has 2 N–H and O–H groups in total. The molecule has 1 aromatic rings. The maximum absolute atomic E-state index is 9.80. The van der Waals surface area contributed by atoms with Crippen LogP contribution in [-0.4, -0.2) is 23.2 Å². The quantitative estimate of drug-likeness (QED) is 0.897. The number of thioether (sulfide) groups is 1. The van der Waals surface area contributed by atoms with Crippen LogP contribution in [0.4, 0.5) is 0 Å². The number of para-hydroxylation sites is 1. The third-order valence-electron chi connectivity index (χ3n) is 2.84. The largest absolute Gasteiger partial charge is 0.506 e. The van der Waals surface area contributed by atoms with Crippen LogP contribution >= 0.6 is 27.7 Å². The van der Waals surface area contributed by atoms with Crippen LogP contribution in [-0.2, 0) is 6.54 Å². The van der Waals surface area contributed by atoms with Crippen molar-refractivity contribution in [3.63, 3.8) is 0 Å². The van der Waals surface area contributed by atoms with Crippen LogP contribution in [0.25, 0.3) is 0 Å². The lowest BCUT2D eigenvalue weighted by Gasteiger charge is -2.11. The lowest BCUT2D eigenvalue weighted by molar-refractivity contribution is 0.456. The minimum Gasteiger partial charge on any atom is -0.506 e. The number of benzene rings is 1. The van der Waals surface area contributed by atoms with Gasteiger partial charge in [-0.15, -0.1) is 0 Å². The molecule has 1 saturated heterocycles. The second-order valence-electron chi connectivity index (χ2n) is 4.11. The summed E-state index contributed by atoms with van der Waals surface area (Å²) in [5, 5.41) is 13.2. The number of rotatable bonds is 4. The topological polar surface area (TPSA) is 32.3 Å². The predicted octanol–water partition coefficient (Wildman–Crippen LogP) is 3.00. The predicted molar refractivity (Wildman–Crippen MR) is 72.9 cm³/mol. The van der Waals surface area contributed by atoms with Crippen molar-refractivity contribution in [3.05, 3.63) is 28.2 Å². The SMILES string of the molecule is Oc1c(Br)cccc1CNCC1CCSC1. The molecule has 16 heavy (non-hydrogen) atoms. The maximum Gasteiger partial charge on any atom is 0.134 e. The van der Waals surface area contributed by atoms with Gasteiger partial charge in [0.25, 0.3) is 0 Å². The highest BCUT2D eigenvalue weighted by Gasteiger charge is 2.14. The minimum atomic E-state index is 0.357. The van der Waals surface area contributed by atoms with E-state index in [1.54, 1.807) is 0 Å². The van der Waals surface area contributed by atoms with E-state index in [9.17, 15) is 5.11 Å². The van der Waals surface area contributed by atoms with Crippen molar-refractivity contribution in [1.82, 2.24) is 5.32 Å². The van der Waals surface area contributed by atoms with Gasteiger partial charge in [-0.1, -0.05) is 12.1 Å². The molecule has 0 saturated carbocycles. The lowest BCUT2D eigenvalue weighted by atomic mass is 10.1. The third kappa shape index (κ3) is 3.15. The Kier molecular flexibility index (Phi) is 4.55. The van der Waals surface area contributed by atoms with Crippen LogP contribution in [0.5, 0.6) is 5.75 Å². The highest BCUT2D eigenvalue weighted by molar-refractivity contribution is 9.10. The monoisotopic (exact) mass is 301 g/mol. The van der Waals surface area contributed by atoms with Gasteiger partial charge in [0, 0.05) is 12.1 Å². The van der Waals surface area contributed by atoms with Gasteiger partial charge in [0.05, 0.1) is 4.47 Å². The van der Waals surface area contributed by atoms with Gasteiger partial charge in [0.15, 0.2) is 0 Å². The standard InChI is InChI=1S/C12H16BrNOS/c13-11-3-1-2-10(12(11)15)7-14-6-9-4-5-16-8-9/h1-3,9,14-15H,4-8H2. The van der Waals surface area contributed by atoms with Crippen molar-refractivity contribution < 1.29 is 5.11 Å². The van der Waals surface area contributed by atoms with E-state index in [0.29, 0.717) is 5.75 Å². The molecule has 1 heterocycles. The van der Waals surface area contributed by atoms with E-state index in [-0.39, 0.29) is 0 Å². The lowest BCUT2D eigenvalue weighted by Crippen LogP contribution is -2.22. The van der Waals surface area contributed by atoms with E-state index in [4.69, 9.17) is 0 Å². The highest BCUT2D eigenvalue weighted by Crippen LogP contribution is 2.27. The van der Waals surface area contributed by atoms with E-state index in [1.165, 1.54) is 17.9 Å². The molecule has 1 fully saturated rings. The molecule has 1 aromatic carbocycles. The molecule has 0 radical (unpaired) electrons. The van der Waals surface area contributed by atoms with Crippen LogP contribution in [0.3, 0.4) is 0 Å². The zero-order valence-corrected chi connectivity index (χ0v) is 11.5. The summed E-state index contributed by atoms with van der Waals surface area (Å²) in [5.74, 6) is 3.74. The fraction of sp³-hybridized carbons (Fsp3) is 0.500. The summed E-state index contributed by atoms with van der Waals surface area (Å²) in [6.45, 7) is 1.80. The van der Waals surface area contributed by atoms with Crippen LogP contribution in [0.15, 0.2) is 22.7 Å². The summed E-state index contributed by atoms with van der Waals surface area (Å²) >= 11 is 5.36. The number of nitrogens with one attached hydrogen (secondary N) is 1. The van der Waals surface area contributed by atoms with Crippen molar-refractivity contribution in [2.45, 2.75) is 13.0 Å². The highest BCUT2D eigenvalue weighted by atomic mass is 79.9. The molecule has 2 nitrogen and oxygen atoms in total. The van der Waals surface area contributed by atoms with Gasteiger partial charge in [0.2, 0.25) is 0 Å². The van der Waals surface area contributed by atoms with Gasteiger partial charge in [-0.25, -0.2) is 0 Å². The Morgan fingerprint density at radius 1 is 1.50 bits per heavy atom. The van der Waals surface area contributed by atoms with Gasteiger partial charge >= 0.3 is 0 Å². The molecule has 1 aliphatic heterocycles. The van der Waals surface area contributed by atoms with Gasteiger partial charge in [0.1, 0.15) is 5.75 Å². The number of hydrogen-bond donors (Lipinski definition) is 2. The summed E-state index contributed by atoms with van der Waals surface area (Å²) < 4.78 is 0.767. The molecule has 0 amide bonds. The Morgan fingerprint density at radius 3 is 3.12 bits per heavy atom. The van der Waals surface area contributed by atoms with E-state index in [2.05, 4.69) is 21.2 Å². The molecule has 0 spiro atoms. The first kappa shape index (κ1) is 12.3. The zero-order chi connectivity index (χ0) is 11.4. The summed E-state index contributed by atoms with van der Waals surface area (Å²) in [7, 11) is 0. The van der Waals surface area contributed by atoms with Crippen molar-refractivity contribution in [3.8, 4) is 5.75 Å². The van der Waals surface area contributed by atoms with Crippen LogP contribution < -0.4 is 5.32 Å². The molecule has 1 unspecified atom stereocenters. The van der Waals surface area contributed by atoms with Gasteiger partial charge in [-0.05, 0) is 52.4 Å². The van der Waals surface area contributed by atoms with Crippen LogP contribution in [0.1, 0.15) is 12.0 Å². The van der Waals surface area contributed by atoms with Gasteiger partial charge in [-0.3, -0.25) is 0 Å². The molecule has 4 heteroatoms. The summed E-state index contributed by atoms with van der Waals surface area (Å²) in [6.07, 6.45) is 1.32. The Hall–Kier alpha value is -0.190. The van der Waals surface area contributed by atoms with Crippen LogP contribution in [0.2, 0.25) is 0 Å². The Morgan fingerprint density at radius 2 is 2.38 bits per heavy atom. The second-order valence-corrected chi connectivity index (χ2v) is 6.11. The zero-order valence-electron chi connectivity index (χ0n) is 9.08. The van der Waals surface area contributed by atoms with E-state index in [1.807, 2.05) is 30.0 Å². The number of phenols is 1. The second kappa shape index (κ2) is 5.94. The smallest absolute Gasteiger partial charge is 0.134 e. The summed E-state index contributed by atoms with van der Waals surface area (Å²) in [6, 6.07) is 5.76. The number of halogens is 1. The van der Waals surface area contributed by atoms with Crippen molar-refractivity contribution >= 4 is 27.7 Å². The third-order valence-corrected chi connectivity index (χ3v) is 4.71. The van der Waals surface area contributed by atoms with E-state index in [0.717, 1.165) is 29.0 Å². The Bertz CT molecular complexity index is 353. The fourth-order valence-corrected chi connectivity index (χ4v) is 3.55. The fourth-order valence-electron chi connectivity index (χ4n) is 1.86. The van der Waals surface area contributed by atoms with Crippen LogP contribution in [0, 0.1) is 5.92 Å². The van der Waals surface area contributed by atoms with E-state index >= 15 is 0 Å². The van der Waals surface area contributed by atoms with Crippen molar-refractivity contribution in [2.24, 2.45) is 5.92 Å². The molecular formula is C12H16BrNOS. The van der Waals surface area contributed by atoms with Crippen molar-refractivity contribution in [2.75, 3.05) is 18.1 Å². The summed E-state index contributed by atoms with van der Waals surface area (Å²) in [4.78, 5) is 0. The minimum absolute atomic E-state index is 0.357. The molecule has 0 aromatic heterocycles. The number of hydrogen-bond acceptors (Lipinski definition) is 3. The normalized spacial score (nSPS) is 20.2. The van der Waals surface area contributed by atoms with Gasteiger partial charge < -0.3 is 10.4 Å². The first-order valence-electron chi connectivity index (χ1n) is 5.52. The molecular weight excluding hydrogens is 286 g/mol. The number of phenolic OH excluding ortho intramolecular Hbond substituents is 1. The number of aromatic hydroxyl groups is 1. The van der Waals surface area contributed by atoms with E-state index < -0.39 is 0 Å². The first-order valence-corrected chi connectivity index (χ1v) is 7.47. The summed E-state index contributed by atoms with van der Waals surface area (Å²) in [5.41, 5.74) is 0.958. The molecule has 88 valence electrons. The van der Waals surface area contributed by atoms with Gasteiger partial charge in [-0.2, -0.15) is 11.8 Å². The average Bonchev–Trinajstić information content (AvgIpc) is 2.77. The Labute approximate surface area is 109 Å². The Balaban J connectivity index is 1.82. The molecule has 1 atom stereocenters. The molecule has 2 rings (SSSR count). The average molecular weight is 302 g/mol. The first-order chi connectivity index (χ1) is 7.77. The maximum atomic E-state index is 9.80. The van der Waals surface area contributed by atoms with Crippen molar-refractivity contribution in [1.29, 1.82) is 0 Å². The molecule has 0 bridgehead atoms.